The molecule has 214 valence electrons. The molecule has 4 rings (SSSR count). The molecule has 0 bridgehead atoms. The zero-order chi connectivity index (χ0) is 28.2. The summed E-state index contributed by atoms with van der Waals surface area (Å²) in [5.74, 6) is -5.34. The van der Waals surface area contributed by atoms with Crippen molar-refractivity contribution < 1.29 is 34.9 Å². The van der Waals surface area contributed by atoms with Gasteiger partial charge < -0.3 is 29.5 Å². The maximum atomic E-state index is 13.5. The van der Waals surface area contributed by atoms with Crippen molar-refractivity contribution >= 4 is 38.9 Å². The molecular weight excluding hydrogens is 541 g/mol. The number of anilines is 1. The molecule has 0 aliphatic carbocycles. The number of piperazine rings is 1. The molecule has 1 aromatic heterocycles. The minimum absolute atomic E-state index is 0.154. The first-order valence-corrected chi connectivity index (χ1v) is 13.9. The zero-order valence-electron chi connectivity index (χ0n) is 21.5. The van der Waals surface area contributed by atoms with Crippen LogP contribution in [0.25, 0.3) is 10.9 Å². The SMILES string of the molecule is CN(CCCN1CCNCC1)c1ccc2ncc(OS(=O)(=O)F)c(C(=O)NCC(=O)N3CCC(F)(F)C3)c2c1. The lowest BCUT2D eigenvalue weighted by Gasteiger charge is -2.28. The Morgan fingerprint density at radius 3 is 2.64 bits per heavy atom. The van der Waals surface area contributed by atoms with E-state index in [1.807, 2.05) is 11.9 Å². The first kappa shape index (κ1) is 28.8. The van der Waals surface area contributed by atoms with Gasteiger partial charge in [0.15, 0.2) is 5.75 Å². The molecule has 2 aliphatic rings. The largest absolute Gasteiger partial charge is 0.488 e. The van der Waals surface area contributed by atoms with Crippen molar-refractivity contribution in [1.29, 1.82) is 0 Å². The Bertz CT molecular complexity index is 1320. The Morgan fingerprint density at radius 1 is 1.23 bits per heavy atom. The van der Waals surface area contributed by atoms with E-state index < -0.39 is 53.5 Å². The molecule has 2 N–H and O–H groups in total. The van der Waals surface area contributed by atoms with Crippen molar-refractivity contribution in [3.8, 4) is 5.75 Å². The van der Waals surface area contributed by atoms with Crippen LogP contribution in [-0.2, 0) is 15.3 Å². The van der Waals surface area contributed by atoms with Gasteiger partial charge in [-0.05, 0) is 31.2 Å². The maximum Gasteiger partial charge on any atom is 0.488 e. The molecule has 39 heavy (non-hydrogen) atoms. The Labute approximate surface area is 224 Å². The van der Waals surface area contributed by atoms with Crippen LogP contribution in [0.1, 0.15) is 23.2 Å². The van der Waals surface area contributed by atoms with E-state index in [2.05, 4.69) is 24.7 Å². The number of amides is 2. The summed E-state index contributed by atoms with van der Waals surface area (Å²) in [6.07, 6.45) is 1.30. The predicted molar refractivity (Wildman–Crippen MR) is 138 cm³/mol. The minimum Gasteiger partial charge on any atom is -0.375 e. The van der Waals surface area contributed by atoms with Gasteiger partial charge in [-0.15, -0.1) is 0 Å². The number of carbonyl (C=O) groups excluding carboxylic acids is 2. The van der Waals surface area contributed by atoms with E-state index in [1.165, 1.54) is 0 Å². The van der Waals surface area contributed by atoms with E-state index in [1.54, 1.807) is 18.2 Å². The number of aromatic nitrogens is 1. The Kier molecular flexibility index (Phi) is 8.81. The summed E-state index contributed by atoms with van der Waals surface area (Å²) in [7, 11) is -3.64. The molecule has 0 saturated carbocycles. The van der Waals surface area contributed by atoms with Gasteiger partial charge in [-0.2, -0.15) is 8.42 Å². The highest BCUT2D eigenvalue weighted by Gasteiger charge is 2.40. The van der Waals surface area contributed by atoms with Gasteiger partial charge in [0.1, 0.15) is 0 Å². The lowest BCUT2D eigenvalue weighted by Crippen LogP contribution is -2.44. The number of hydrogen-bond donors (Lipinski definition) is 2. The van der Waals surface area contributed by atoms with Crippen LogP contribution in [0, 0.1) is 0 Å². The number of nitrogens with zero attached hydrogens (tertiary/aromatic N) is 4. The van der Waals surface area contributed by atoms with E-state index in [4.69, 9.17) is 0 Å². The molecule has 0 unspecified atom stereocenters. The molecule has 2 aliphatic heterocycles. The van der Waals surface area contributed by atoms with Gasteiger partial charge in [0.05, 0.1) is 30.4 Å². The van der Waals surface area contributed by atoms with E-state index in [-0.39, 0.29) is 17.5 Å². The van der Waals surface area contributed by atoms with Crippen molar-refractivity contribution in [1.82, 2.24) is 25.4 Å². The summed E-state index contributed by atoms with van der Waals surface area (Å²) in [5.41, 5.74) is 0.637. The fraction of sp³-hybridized carbons (Fsp3) is 0.542. The first-order valence-electron chi connectivity index (χ1n) is 12.6. The smallest absolute Gasteiger partial charge is 0.375 e. The highest BCUT2D eigenvalue weighted by Crippen LogP contribution is 2.31. The normalized spacial score (nSPS) is 17.8. The summed E-state index contributed by atoms with van der Waals surface area (Å²) in [6, 6.07) is 5.01. The number of rotatable bonds is 10. The molecule has 0 spiro atoms. The Hall–Kier alpha value is -3.17. The molecular formula is C24H31F3N6O5S. The van der Waals surface area contributed by atoms with Crippen LogP contribution in [0.5, 0.6) is 5.75 Å². The second-order valence-electron chi connectivity index (χ2n) is 9.65. The van der Waals surface area contributed by atoms with Gasteiger partial charge in [0, 0.05) is 63.8 Å². The van der Waals surface area contributed by atoms with Gasteiger partial charge in [-0.1, -0.05) is 3.89 Å². The van der Waals surface area contributed by atoms with Crippen LogP contribution in [0.4, 0.5) is 18.4 Å². The first-order chi connectivity index (χ1) is 18.4. The maximum absolute atomic E-state index is 13.5. The molecule has 2 saturated heterocycles. The molecule has 0 radical (unpaired) electrons. The van der Waals surface area contributed by atoms with Crippen LogP contribution in [0.3, 0.4) is 0 Å². The highest BCUT2D eigenvalue weighted by atomic mass is 32.3. The van der Waals surface area contributed by atoms with Crippen molar-refractivity contribution in [2.24, 2.45) is 0 Å². The molecule has 2 fully saturated rings. The van der Waals surface area contributed by atoms with Crippen LogP contribution in [0.15, 0.2) is 24.4 Å². The summed E-state index contributed by atoms with van der Waals surface area (Å²) in [5, 5.41) is 5.79. The number of likely N-dealkylation sites (tertiary alicyclic amines) is 1. The fourth-order valence-corrected chi connectivity index (χ4v) is 5.05. The van der Waals surface area contributed by atoms with Crippen LogP contribution >= 0.6 is 0 Å². The predicted octanol–water partition coefficient (Wildman–Crippen LogP) is 1.16. The molecule has 11 nitrogen and oxygen atoms in total. The van der Waals surface area contributed by atoms with Crippen molar-refractivity contribution in [3.63, 3.8) is 0 Å². The summed E-state index contributed by atoms with van der Waals surface area (Å²) in [4.78, 5) is 34.9. The summed E-state index contributed by atoms with van der Waals surface area (Å²) >= 11 is 0. The standard InChI is InChI=1S/C24H31F3N6O5S/c1-31(8-2-9-32-11-6-28-7-12-32)17-3-4-19-18(13-17)22(20(14-29-19)38-39(27,36)37)23(35)30-15-21(34)33-10-5-24(25,26)16-33/h3-4,13-14,28H,2,5-12,15-16H2,1H3,(H,30,35). The van der Waals surface area contributed by atoms with Crippen molar-refractivity contribution in [2.75, 3.05) is 70.9 Å². The zero-order valence-corrected chi connectivity index (χ0v) is 22.3. The van der Waals surface area contributed by atoms with Gasteiger partial charge in [0.2, 0.25) is 5.91 Å². The molecule has 2 amide bonds. The number of pyridine rings is 1. The van der Waals surface area contributed by atoms with Gasteiger partial charge in [-0.25, -0.2) is 8.78 Å². The second kappa shape index (κ2) is 11.9. The monoisotopic (exact) mass is 572 g/mol. The van der Waals surface area contributed by atoms with Crippen molar-refractivity contribution in [2.45, 2.75) is 18.8 Å². The van der Waals surface area contributed by atoms with Crippen LogP contribution < -0.4 is 19.7 Å². The van der Waals surface area contributed by atoms with E-state index in [0.717, 1.165) is 50.2 Å². The van der Waals surface area contributed by atoms with Crippen molar-refractivity contribution in [3.05, 3.63) is 30.0 Å². The lowest BCUT2D eigenvalue weighted by molar-refractivity contribution is -0.130. The fourth-order valence-electron chi connectivity index (χ4n) is 4.70. The Balaban J connectivity index is 1.54. The van der Waals surface area contributed by atoms with Gasteiger partial charge in [-0.3, -0.25) is 14.6 Å². The number of nitrogens with one attached hydrogen (secondary N) is 2. The quantitative estimate of drug-likeness (QED) is 0.404. The number of hydrogen-bond acceptors (Lipinski definition) is 9. The average Bonchev–Trinajstić information content (AvgIpc) is 3.26. The van der Waals surface area contributed by atoms with Crippen LogP contribution in [-0.4, -0.2) is 107 Å². The Morgan fingerprint density at radius 2 is 1.97 bits per heavy atom. The third-order valence-electron chi connectivity index (χ3n) is 6.77. The number of alkyl halides is 2. The average molecular weight is 573 g/mol. The molecule has 0 atom stereocenters. The number of benzene rings is 1. The topological polar surface area (TPSA) is 124 Å². The van der Waals surface area contributed by atoms with E-state index in [0.29, 0.717) is 17.7 Å². The van der Waals surface area contributed by atoms with E-state index in [9.17, 15) is 30.7 Å². The third kappa shape index (κ3) is 7.70. The number of halogens is 3. The van der Waals surface area contributed by atoms with Crippen LogP contribution in [0.2, 0.25) is 0 Å². The number of carbonyl (C=O) groups is 2. The highest BCUT2D eigenvalue weighted by molar-refractivity contribution is 7.81. The summed E-state index contributed by atoms with van der Waals surface area (Å²) in [6.45, 7) is 3.94. The minimum atomic E-state index is -5.51. The number of fused-ring (bicyclic) bond motifs is 1. The molecule has 15 heteroatoms. The summed E-state index contributed by atoms with van der Waals surface area (Å²) < 4.78 is 67.3. The van der Waals surface area contributed by atoms with E-state index >= 15 is 0 Å². The molecule has 3 heterocycles. The van der Waals surface area contributed by atoms with Gasteiger partial charge in [0.25, 0.3) is 11.8 Å². The third-order valence-corrected chi connectivity index (χ3v) is 7.15. The van der Waals surface area contributed by atoms with Gasteiger partial charge >= 0.3 is 10.5 Å². The molecule has 2 aromatic rings. The lowest BCUT2D eigenvalue weighted by atomic mass is 10.1. The molecule has 1 aromatic carbocycles. The second-order valence-corrected chi connectivity index (χ2v) is 10.6.